The van der Waals surface area contributed by atoms with Crippen LogP contribution in [0.2, 0.25) is 15.1 Å². The molecule has 1 unspecified atom stereocenters. The minimum absolute atomic E-state index is 0.310. The molecular formula is C21H19Cl3N2O3. The largest absolute Gasteiger partial charge is 0.508 e. The quantitative estimate of drug-likeness (QED) is 0.315. The van der Waals surface area contributed by atoms with Gasteiger partial charge in [0.25, 0.3) is 0 Å². The third kappa shape index (κ3) is 5.66. The number of benzene rings is 2. The number of hydrogen-bond donors (Lipinski definition) is 0. The van der Waals surface area contributed by atoms with E-state index in [0.717, 1.165) is 11.4 Å². The van der Waals surface area contributed by atoms with Crippen molar-refractivity contribution in [3.63, 3.8) is 0 Å². The molecule has 1 aromatic carbocycles. The average Bonchev–Trinajstić information content (AvgIpc) is 3.17. The Kier molecular flexibility index (Phi) is 7.42. The van der Waals surface area contributed by atoms with E-state index in [1.54, 1.807) is 41.5 Å². The third-order valence-electron chi connectivity index (χ3n) is 4.19. The van der Waals surface area contributed by atoms with E-state index in [4.69, 9.17) is 44.3 Å². The maximum absolute atomic E-state index is 11.8. The van der Waals surface area contributed by atoms with Gasteiger partial charge in [0.05, 0.1) is 19.5 Å². The molecule has 0 fully saturated rings. The summed E-state index contributed by atoms with van der Waals surface area (Å²) in [6, 6.07) is 11.1. The standard InChI is InChI=1S/C15H16Cl2N2O3.C6H3Cl/c1-2-7-21-15(20)22-14(9-19-6-5-18-10-19)12-4-3-11(16)8-13(12)17;7-6-3-4-1-2-5(4)6/h3-6,8,10,14H,2,7,9H2,1H3;1-3H. The summed E-state index contributed by atoms with van der Waals surface area (Å²) in [5.74, 6) is 0. The molecule has 8 heteroatoms. The van der Waals surface area contributed by atoms with Gasteiger partial charge in [0.2, 0.25) is 0 Å². The smallest absolute Gasteiger partial charge is 0.434 e. The van der Waals surface area contributed by atoms with Gasteiger partial charge in [-0.25, -0.2) is 9.78 Å². The predicted octanol–water partition coefficient (Wildman–Crippen LogP) is 6.43. The Balaban J connectivity index is 0.000000283. The van der Waals surface area contributed by atoms with Crippen LogP contribution in [0.25, 0.3) is 0 Å². The van der Waals surface area contributed by atoms with E-state index in [1.807, 2.05) is 19.1 Å². The Morgan fingerprint density at radius 2 is 1.97 bits per heavy atom. The summed E-state index contributed by atoms with van der Waals surface area (Å²) in [6.45, 7) is 2.60. The van der Waals surface area contributed by atoms with Gasteiger partial charge in [0.1, 0.15) is 6.10 Å². The second kappa shape index (κ2) is 10.0. The normalized spacial score (nSPS) is 11.9. The SMILES string of the molecule is CCCOC(=O)OC(Cn1ccnc1)c1ccc(Cl)cc1Cl.Clc1cc2ccc1=2. The second-order valence-corrected chi connectivity index (χ2v) is 7.58. The molecule has 5 nitrogen and oxygen atoms in total. The van der Waals surface area contributed by atoms with Crippen LogP contribution in [0.15, 0.2) is 55.1 Å². The number of aromatic nitrogens is 2. The predicted molar refractivity (Wildman–Crippen MR) is 113 cm³/mol. The molecule has 2 aliphatic carbocycles. The van der Waals surface area contributed by atoms with Gasteiger partial charge < -0.3 is 14.0 Å². The Hall–Kier alpha value is -2.21. The lowest BCUT2D eigenvalue weighted by atomic mass is 10.1. The van der Waals surface area contributed by atoms with Crippen LogP contribution in [-0.2, 0) is 16.0 Å². The number of ether oxygens (including phenoxy) is 2. The molecule has 2 aliphatic rings. The summed E-state index contributed by atoms with van der Waals surface area (Å²) in [7, 11) is 0. The lowest BCUT2D eigenvalue weighted by Gasteiger charge is -2.19. The van der Waals surface area contributed by atoms with E-state index in [-0.39, 0.29) is 0 Å². The second-order valence-electron chi connectivity index (χ2n) is 6.32. The van der Waals surface area contributed by atoms with Crippen molar-refractivity contribution in [3.05, 3.63) is 86.2 Å². The van der Waals surface area contributed by atoms with Crippen LogP contribution in [0.3, 0.4) is 0 Å². The van der Waals surface area contributed by atoms with Gasteiger partial charge in [-0.3, -0.25) is 0 Å². The maximum atomic E-state index is 11.8. The van der Waals surface area contributed by atoms with E-state index in [9.17, 15) is 4.79 Å². The van der Waals surface area contributed by atoms with Gasteiger partial charge in [-0.05, 0) is 29.8 Å². The van der Waals surface area contributed by atoms with Crippen LogP contribution in [0.5, 0.6) is 0 Å². The van der Waals surface area contributed by atoms with E-state index in [0.29, 0.717) is 28.8 Å². The fourth-order valence-corrected chi connectivity index (χ4v) is 3.45. The molecule has 4 rings (SSSR count). The molecular weight excluding hydrogens is 435 g/mol. The monoisotopic (exact) mass is 452 g/mol. The fourth-order valence-electron chi connectivity index (χ4n) is 2.63. The van der Waals surface area contributed by atoms with Crippen LogP contribution in [0.4, 0.5) is 4.79 Å². The highest BCUT2D eigenvalue weighted by Crippen LogP contribution is 2.30. The Morgan fingerprint density at radius 3 is 2.45 bits per heavy atom. The Morgan fingerprint density at radius 1 is 1.14 bits per heavy atom. The first kappa shape index (κ1) is 21.5. The third-order valence-corrected chi connectivity index (χ3v) is 5.06. The molecule has 152 valence electrons. The number of halogens is 3. The molecule has 0 bridgehead atoms. The first-order valence-electron chi connectivity index (χ1n) is 9.02. The van der Waals surface area contributed by atoms with Crippen molar-refractivity contribution in [2.45, 2.75) is 26.0 Å². The van der Waals surface area contributed by atoms with Crippen molar-refractivity contribution in [2.75, 3.05) is 6.61 Å². The van der Waals surface area contributed by atoms with Crippen LogP contribution in [0, 0.1) is 10.4 Å². The van der Waals surface area contributed by atoms with Crippen LogP contribution in [0.1, 0.15) is 25.0 Å². The molecule has 0 saturated carbocycles. The molecule has 1 aromatic heterocycles. The minimum Gasteiger partial charge on any atom is -0.434 e. The number of imidazole rings is 1. The zero-order valence-corrected chi connectivity index (χ0v) is 17.9. The Labute approximate surface area is 183 Å². The average molecular weight is 454 g/mol. The molecule has 2 aromatic rings. The van der Waals surface area contributed by atoms with Crippen molar-refractivity contribution in [3.8, 4) is 0 Å². The number of carbonyl (C=O) groups is 1. The molecule has 29 heavy (non-hydrogen) atoms. The van der Waals surface area contributed by atoms with Gasteiger partial charge in [-0.2, -0.15) is 0 Å². The number of rotatable bonds is 6. The van der Waals surface area contributed by atoms with E-state index < -0.39 is 12.3 Å². The molecule has 0 saturated heterocycles. The van der Waals surface area contributed by atoms with Gasteiger partial charge in [-0.1, -0.05) is 59.9 Å². The van der Waals surface area contributed by atoms with E-state index in [1.165, 1.54) is 10.4 Å². The topological polar surface area (TPSA) is 53.4 Å². The van der Waals surface area contributed by atoms with E-state index in [2.05, 4.69) is 11.1 Å². The fraction of sp³-hybridized carbons (Fsp3) is 0.238. The molecule has 0 aliphatic heterocycles. The zero-order chi connectivity index (χ0) is 20.8. The summed E-state index contributed by atoms with van der Waals surface area (Å²) >= 11 is 17.7. The number of carbonyl (C=O) groups excluding carboxylic acids is 1. The zero-order valence-electron chi connectivity index (χ0n) is 15.6. The highest BCUT2D eigenvalue weighted by molar-refractivity contribution is 6.35. The van der Waals surface area contributed by atoms with Gasteiger partial charge in [0, 0.05) is 38.2 Å². The van der Waals surface area contributed by atoms with Gasteiger partial charge in [-0.15, -0.1) is 0 Å². The summed E-state index contributed by atoms with van der Waals surface area (Å²) in [5, 5.41) is 4.41. The van der Waals surface area contributed by atoms with Crippen molar-refractivity contribution in [1.29, 1.82) is 0 Å². The lowest BCUT2D eigenvalue weighted by molar-refractivity contribution is 0.0171. The maximum Gasteiger partial charge on any atom is 0.508 e. The van der Waals surface area contributed by atoms with Gasteiger partial charge in [0.15, 0.2) is 0 Å². The Bertz CT molecular complexity index is 1070. The molecule has 0 radical (unpaired) electrons. The molecule has 0 amide bonds. The summed E-state index contributed by atoms with van der Waals surface area (Å²) in [5.41, 5.74) is 0.660. The van der Waals surface area contributed by atoms with Crippen LogP contribution in [-0.4, -0.2) is 22.3 Å². The highest BCUT2D eigenvalue weighted by atomic mass is 35.5. The molecule has 0 N–H and O–H groups in total. The minimum atomic E-state index is -0.724. The summed E-state index contributed by atoms with van der Waals surface area (Å²) in [6.07, 6.45) is 4.47. The number of hydrogen-bond acceptors (Lipinski definition) is 4. The first-order valence-corrected chi connectivity index (χ1v) is 10.2. The molecule has 1 atom stereocenters. The van der Waals surface area contributed by atoms with Gasteiger partial charge >= 0.3 is 6.16 Å². The van der Waals surface area contributed by atoms with E-state index >= 15 is 0 Å². The van der Waals surface area contributed by atoms with Crippen molar-refractivity contribution in [1.82, 2.24) is 9.55 Å². The molecule has 0 spiro atoms. The first-order chi connectivity index (χ1) is 14.0. The highest BCUT2D eigenvalue weighted by Gasteiger charge is 2.21. The summed E-state index contributed by atoms with van der Waals surface area (Å²) < 4.78 is 12.2. The number of nitrogens with zero attached hydrogens (tertiary/aromatic N) is 2. The van der Waals surface area contributed by atoms with Crippen LogP contribution >= 0.6 is 34.8 Å². The van der Waals surface area contributed by atoms with Crippen molar-refractivity contribution < 1.29 is 14.3 Å². The van der Waals surface area contributed by atoms with Crippen molar-refractivity contribution >= 4 is 41.0 Å². The molecule has 1 heterocycles. The summed E-state index contributed by atoms with van der Waals surface area (Å²) in [4.78, 5) is 15.7. The lowest BCUT2D eigenvalue weighted by Crippen LogP contribution is -2.18. The van der Waals surface area contributed by atoms with Crippen LogP contribution < -0.4 is 0 Å². The van der Waals surface area contributed by atoms with Crippen molar-refractivity contribution in [2.24, 2.45) is 0 Å².